The maximum Gasteiger partial charge on any atom is 0.238 e. The summed E-state index contributed by atoms with van der Waals surface area (Å²) in [6.07, 6.45) is 4.05. The van der Waals surface area contributed by atoms with E-state index < -0.39 is 5.92 Å². The van der Waals surface area contributed by atoms with Gasteiger partial charge in [-0.15, -0.1) is 0 Å². The SMILES string of the molecule is Cc1cc(OC[C@H](C)CC2CCN(CC(=O)Nc3ccc4c(C5CCC(=O)NC5=O)nn(C)c4c3)CC2)ccc1Br. The highest BCUT2D eigenvalue weighted by atomic mass is 79.9. The largest absolute Gasteiger partial charge is 0.493 e. The highest BCUT2D eigenvalue weighted by molar-refractivity contribution is 9.10. The van der Waals surface area contributed by atoms with Crippen molar-refractivity contribution in [2.75, 3.05) is 31.6 Å². The molecule has 2 aliphatic heterocycles. The van der Waals surface area contributed by atoms with E-state index in [0.717, 1.165) is 53.5 Å². The van der Waals surface area contributed by atoms with Gasteiger partial charge in [0.1, 0.15) is 5.75 Å². The molecule has 2 fully saturated rings. The Morgan fingerprint density at radius 1 is 1.17 bits per heavy atom. The fourth-order valence-electron chi connectivity index (χ4n) is 5.94. The maximum atomic E-state index is 12.9. The molecular formula is C31H38BrN5O4. The van der Waals surface area contributed by atoms with E-state index >= 15 is 0 Å². The summed E-state index contributed by atoms with van der Waals surface area (Å²) in [6, 6.07) is 11.7. The van der Waals surface area contributed by atoms with Crippen LogP contribution in [0.4, 0.5) is 5.69 Å². The van der Waals surface area contributed by atoms with Crippen LogP contribution >= 0.6 is 15.9 Å². The van der Waals surface area contributed by atoms with Gasteiger partial charge in [0.2, 0.25) is 17.7 Å². The zero-order valence-electron chi connectivity index (χ0n) is 23.9. The number of piperidine rings is 2. The fraction of sp³-hybridized carbons (Fsp3) is 0.484. The van der Waals surface area contributed by atoms with E-state index in [1.54, 1.807) is 4.68 Å². The molecule has 41 heavy (non-hydrogen) atoms. The van der Waals surface area contributed by atoms with Crippen molar-refractivity contribution in [3.05, 3.63) is 52.1 Å². The zero-order valence-corrected chi connectivity index (χ0v) is 25.5. The monoisotopic (exact) mass is 623 g/mol. The van der Waals surface area contributed by atoms with Gasteiger partial charge >= 0.3 is 0 Å². The molecule has 2 aromatic carbocycles. The second kappa shape index (κ2) is 12.7. The minimum absolute atomic E-state index is 0.0399. The molecule has 0 spiro atoms. The molecule has 0 saturated carbocycles. The molecule has 0 bridgehead atoms. The van der Waals surface area contributed by atoms with Crippen molar-refractivity contribution in [2.45, 2.75) is 51.9 Å². The fourth-order valence-corrected chi connectivity index (χ4v) is 6.19. The Balaban J connectivity index is 1.08. The summed E-state index contributed by atoms with van der Waals surface area (Å²) < 4.78 is 8.84. The molecule has 3 aromatic rings. The molecule has 2 N–H and O–H groups in total. The summed E-state index contributed by atoms with van der Waals surface area (Å²) >= 11 is 3.53. The minimum atomic E-state index is -0.453. The van der Waals surface area contributed by atoms with Crippen LogP contribution in [0.25, 0.3) is 10.9 Å². The third-order valence-corrected chi connectivity index (χ3v) is 9.10. The van der Waals surface area contributed by atoms with E-state index in [1.165, 1.54) is 5.56 Å². The van der Waals surface area contributed by atoms with Crippen molar-refractivity contribution in [3.63, 3.8) is 0 Å². The number of imide groups is 1. The molecule has 3 amide bonds. The first-order valence-corrected chi connectivity index (χ1v) is 15.2. The number of likely N-dealkylation sites (tertiary alicyclic amines) is 1. The van der Waals surface area contributed by atoms with Gasteiger partial charge in [0, 0.05) is 29.0 Å². The average Bonchev–Trinajstić information content (AvgIpc) is 3.25. The highest BCUT2D eigenvalue weighted by Crippen LogP contribution is 2.32. The van der Waals surface area contributed by atoms with Crippen LogP contribution in [0, 0.1) is 18.8 Å². The van der Waals surface area contributed by atoms with Gasteiger partial charge < -0.3 is 10.1 Å². The number of nitrogens with zero attached hydrogens (tertiary/aromatic N) is 3. The predicted octanol–water partition coefficient (Wildman–Crippen LogP) is 4.92. The maximum absolute atomic E-state index is 12.9. The molecule has 0 aliphatic carbocycles. The van der Waals surface area contributed by atoms with Crippen LogP contribution in [0.5, 0.6) is 5.75 Å². The first kappa shape index (κ1) is 29.3. The van der Waals surface area contributed by atoms with Gasteiger partial charge in [-0.05, 0) is 99.5 Å². The van der Waals surface area contributed by atoms with Gasteiger partial charge in [-0.25, -0.2) is 0 Å². The number of fused-ring (bicyclic) bond motifs is 1. The first-order chi connectivity index (χ1) is 19.7. The number of amides is 3. The molecular weight excluding hydrogens is 586 g/mol. The van der Waals surface area contributed by atoms with Gasteiger partial charge in [-0.1, -0.05) is 22.9 Å². The van der Waals surface area contributed by atoms with Gasteiger partial charge in [0.25, 0.3) is 0 Å². The third kappa shape index (κ3) is 7.16. The Morgan fingerprint density at radius 2 is 1.95 bits per heavy atom. The number of halogens is 1. The first-order valence-electron chi connectivity index (χ1n) is 14.4. The van der Waals surface area contributed by atoms with Crippen molar-refractivity contribution in [1.29, 1.82) is 0 Å². The number of aromatic nitrogens is 2. The van der Waals surface area contributed by atoms with Crippen molar-refractivity contribution in [2.24, 2.45) is 18.9 Å². The van der Waals surface area contributed by atoms with Gasteiger partial charge in [0.15, 0.2) is 0 Å². The number of carbonyl (C=O) groups is 3. The van der Waals surface area contributed by atoms with E-state index in [-0.39, 0.29) is 17.7 Å². The lowest BCUT2D eigenvalue weighted by molar-refractivity contribution is -0.134. The second-order valence-electron chi connectivity index (χ2n) is 11.6. The van der Waals surface area contributed by atoms with Gasteiger partial charge in [-0.3, -0.25) is 29.3 Å². The van der Waals surface area contributed by atoms with Gasteiger partial charge in [-0.2, -0.15) is 5.10 Å². The molecule has 2 aliphatic rings. The Bertz CT molecular complexity index is 1450. The smallest absolute Gasteiger partial charge is 0.238 e. The van der Waals surface area contributed by atoms with Crippen LogP contribution in [0.15, 0.2) is 40.9 Å². The number of aryl methyl sites for hydroxylation is 2. The predicted molar refractivity (Wildman–Crippen MR) is 162 cm³/mol. The van der Waals surface area contributed by atoms with E-state index in [4.69, 9.17) is 4.74 Å². The number of hydrogen-bond acceptors (Lipinski definition) is 6. The molecule has 5 rings (SSSR count). The van der Waals surface area contributed by atoms with Crippen molar-refractivity contribution in [3.8, 4) is 5.75 Å². The third-order valence-electron chi connectivity index (χ3n) is 8.21. The average molecular weight is 625 g/mol. The number of ether oxygens (including phenoxy) is 1. The molecule has 2 atom stereocenters. The highest BCUT2D eigenvalue weighted by Gasteiger charge is 2.31. The van der Waals surface area contributed by atoms with E-state index in [9.17, 15) is 14.4 Å². The quantitative estimate of drug-likeness (QED) is 0.328. The molecule has 2 saturated heterocycles. The summed E-state index contributed by atoms with van der Waals surface area (Å²) in [7, 11) is 1.82. The lowest BCUT2D eigenvalue weighted by Crippen LogP contribution is -2.39. The molecule has 218 valence electrons. The number of benzene rings is 2. The lowest BCUT2D eigenvalue weighted by atomic mass is 9.88. The Kier molecular flexibility index (Phi) is 9.09. The van der Waals surface area contributed by atoms with Gasteiger partial charge in [0.05, 0.1) is 30.3 Å². The topological polar surface area (TPSA) is 106 Å². The van der Waals surface area contributed by atoms with E-state index in [1.807, 2.05) is 37.4 Å². The normalized spacial score (nSPS) is 19.3. The summed E-state index contributed by atoms with van der Waals surface area (Å²) in [5.74, 6) is 0.985. The standard InChI is InChI=1S/C31H38BrN5O4/c1-19(18-41-23-5-8-26(32)20(2)15-23)14-21-10-12-37(13-11-21)17-29(39)33-22-4-6-24-27(16-22)36(3)35-30(24)25-7-9-28(38)34-31(25)40/h4-6,8,15-16,19,21,25H,7,9-14,17-18H2,1-3H3,(H,33,39)(H,34,38,40)/t19-,25?/m1/s1. The number of carbonyl (C=O) groups excluding carboxylic acids is 3. The summed E-state index contributed by atoms with van der Waals surface area (Å²) in [5, 5.41) is 10.9. The Labute approximate surface area is 249 Å². The van der Waals surface area contributed by atoms with Crippen LogP contribution in [0.2, 0.25) is 0 Å². The minimum Gasteiger partial charge on any atom is -0.493 e. The molecule has 9 nitrogen and oxygen atoms in total. The van der Waals surface area contributed by atoms with Crippen LogP contribution in [-0.2, 0) is 21.4 Å². The Hall–Kier alpha value is -3.24. The van der Waals surface area contributed by atoms with Crippen LogP contribution < -0.4 is 15.4 Å². The molecule has 0 radical (unpaired) electrons. The molecule has 3 heterocycles. The summed E-state index contributed by atoms with van der Waals surface area (Å²) in [5.41, 5.74) is 3.36. The molecule has 1 aromatic heterocycles. The van der Waals surface area contributed by atoms with E-state index in [0.29, 0.717) is 49.2 Å². The van der Waals surface area contributed by atoms with Crippen LogP contribution in [0.3, 0.4) is 0 Å². The number of hydrogen-bond donors (Lipinski definition) is 2. The van der Waals surface area contributed by atoms with Crippen LogP contribution in [0.1, 0.15) is 56.2 Å². The van der Waals surface area contributed by atoms with E-state index in [2.05, 4.69) is 56.5 Å². The number of anilines is 1. The molecule has 10 heteroatoms. The van der Waals surface area contributed by atoms with Crippen LogP contribution in [-0.4, -0.2) is 58.6 Å². The Morgan fingerprint density at radius 3 is 2.68 bits per heavy atom. The second-order valence-corrected chi connectivity index (χ2v) is 12.4. The zero-order chi connectivity index (χ0) is 29.1. The lowest BCUT2D eigenvalue weighted by Gasteiger charge is -2.32. The van der Waals surface area contributed by atoms with Crippen molar-refractivity contribution in [1.82, 2.24) is 20.0 Å². The summed E-state index contributed by atoms with van der Waals surface area (Å²) in [6.45, 7) is 7.20. The van der Waals surface area contributed by atoms with Crippen molar-refractivity contribution >= 4 is 50.2 Å². The van der Waals surface area contributed by atoms with Crippen molar-refractivity contribution < 1.29 is 19.1 Å². The molecule has 1 unspecified atom stereocenters. The number of nitrogens with one attached hydrogen (secondary N) is 2. The summed E-state index contributed by atoms with van der Waals surface area (Å²) in [4.78, 5) is 39.0. The number of rotatable bonds is 9.